The lowest BCUT2D eigenvalue weighted by molar-refractivity contribution is -0.123. The number of amides is 2. The second-order valence-electron chi connectivity index (χ2n) is 6.59. The van der Waals surface area contributed by atoms with Crippen molar-refractivity contribution in [3.63, 3.8) is 0 Å². The number of alkyl carbamates (subject to hydrolysis) is 1. The minimum atomic E-state index is -0.793. The van der Waals surface area contributed by atoms with Crippen molar-refractivity contribution in [1.82, 2.24) is 10.6 Å². The van der Waals surface area contributed by atoms with Crippen LogP contribution in [0.4, 0.5) is 4.79 Å². The fourth-order valence-corrected chi connectivity index (χ4v) is 3.02. The zero-order valence-electron chi connectivity index (χ0n) is 15.7. The summed E-state index contributed by atoms with van der Waals surface area (Å²) in [6, 6.07) is 18.0. The van der Waals surface area contributed by atoms with Crippen molar-refractivity contribution in [2.24, 2.45) is 5.16 Å². The molecule has 1 aliphatic rings. The van der Waals surface area contributed by atoms with Crippen LogP contribution in [-0.4, -0.2) is 35.9 Å². The number of oxime groups is 1. The van der Waals surface area contributed by atoms with Crippen LogP contribution in [0.2, 0.25) is 0 Å². The van der Waals surface area contributed by atoms with Gasteiger partial charge >= 0.3 is 6.09 Å². The molecule has 0 bridgehead atoms. The van der Waals surface area contributed by atoms with Gasteiger partial charge in [0.25, 0.3) is 0 Å². The maximum atomic E-state index is 12.7. The first kappa shape index (κ1) is 20.7. The standard InChI is InChI=1S/C21H22ClN3O4/c22-19-12-17(29-25-19)13-23-20(26)18(11-15-7-3-1-4-8-15)24-21(27)28-14-16-9-5-2-6-10-16/h1-10,17-18H,11-14H2,(H,23,26)(H,24,27)/t17?,18-/m1/s1. The first-order valence-corrected chi connectivity index (χ1v) is 9.65. The Hall–Kier alpha value is -3.06. The van der Waals surface area contributed by atoms with Crippen LogP contribution in [0.25, 0.3) is 0 Å². The molecule has 2 aromatic rings. The Morgan fingerprint density at radius 2 is 1.76 bits per heavy atom. The van der Waals surface area contributed by atoms with Crippen molar-refractivity contribution in [3.8, 4) is 0 Å². The fourth-order valence-electron chi connectivity index (χ4n) is 2.81. The van der Waals surface area contributed by atoms with Gasteiger partial charge in [-0.1, -0.05) is 77.4 Å². The van der Waals surface area contributed by atoms with Gasteiger partial charge in [0.1, 0.15) is 17.8 Å². The third-order valence-corrected chi connectivity index (χ3v) is 4.53. The van der Waals surface area contributed by atoms with Crippen LogP contribution in [0.3, 0.4) is 0 Å². The molecule has 0 saturated heterocycles. The highest BCUT2D eigenvalue weighted by atomic mass is 35.5. The van der Waals surface area contributed by atoms with Crippen molar-refractivity contribution < 1.29 is 19.2 Å². The van der Waals surface area contributed by atoms with E-state index in [1.807, 2.05) is 60.7 Å². The van der Waals surface area contributed by atoms with E-state index in [1.54, 1.807) is 0 Å². The molecule has 2 amide bonds. The number of ether oxygens (including phenoxy) is 1. The normalized spacial score (nSPS) is 16.3. The highest BCUT2D eigenvalue weighted by Gasteiger charge is 2.25. The van der Waals surface area contributed by atoms with Crippen molar-refractivity contribution >= 4 is 28.8 Å². The molecule has 0 fully saturated rings. The van der Waals surface area contributed by atoms with Crippen molar-refractivity contribution in [2.75, 3.05) is 6.54 Å². The van der Waals surface area contributed by atoms with Gasteiger partial charge in [0.05, 0.1) is 6.54 Å². The van der Waals surface area contributed by atoms with Crippen LogP contribution < -0.4 is 10.6 Å². The first-order chi connectivity index (χ1) is 14.1. The molecular formula is C21H22ClN3O4. The summed E-state index contributed by atoms with van der Waals surface area (Å²) in [5, 5.41) is 9.45. The van der Waals surface area contributed by atoms with E-state index in [4.69, 9.17) is 21.2 Å². The van der Waals surface area contributed by atoms with E-state index in [-0.39, 0.29) is 25.2 Å². The van der Waals surface area contributed by atoms with Gasteiger partial charge < -0.3 is 20.2 Å². The van der Waals surface area contributed by atoms with E-state index in [2.05, 4.69) is 15.8 Å². The lowest BCUT2D eigenvalue weighted by atomic mass is 10.1. The van der Waals surface area contributed by atoms with E-state index in [9.17, 15) is 9.59 Å². The molecule has 2 atom stereocenters. The quantitative estimate of drug-likeness (QED) is 0.693. The van der Waals surface area contributed by atoms with E-state index in [0.29, 0.717) is 18.0 Å². The van der Waals surface area contributed by atoms with Gasteiger partial charge in [-0.2, -0.15) is 0 Å². The smallest absolute Gasteiger partial charge is 0.408 e. The van der Waals surface area contributed by atoms with Crippen molar-refractivity contribution in [3.05, 3.63) is 71.8 Å². The summed E-state index contributed by atoms with van der Waals surface area (Å²) in [5.41, 5.74) is 1.78. The third-order valence-electron chi connectivity index (χ3n) is 4.30. The number of halogens is 1. The van der Waals surface area contributed by atoms with E-state index in [1.165, 1.54) is 0 Å². The number of rotatable bonds is 8. The average molecular weight is 416 g/mol. The molecule has 7 nitrogen and oxygen atoms in total. The highest BCUT2D eigenvalue weighted by molar-refractivity contribution is 6.65. The number of hydrogen-bond donors (Lipinski definition) is 2. The molecule has 1 aliphatic heterocycles. The monoisotopic (exact) mass is 415 g/mol. The summed E-state index contributed by atoms with van der Waals surface area (Å²) in [6.07, 6.45) is -0.199. The number of nitrogens with zero attached hydrogens (tertiary/aromatic N) is 1. The molecule has 1 unspecified atom stereocenters. The number of benzene rings is 2. The van der Waals surface area contributed by atoms with Gasteiger partial charge in [-0.05, 0) is 11.1 Å². The summed E-state index contributed by atoms with van der Waals surface area (Å²) < 4.78 is 5.25. The second kappa shape index (κ2) is 10.5. The molecule has 0 aromatic heterocycles. The molecule has 0 aliphatic carbocycles. The molecule has 2 aromatic carbocycles. The van der Waals surface area contributed by atoms with Crippen LogP contribution in [-0.2, 0) is 27.4 Å². The highest BCUT2D eigenvalue weighted by Crippen LogP contribution is 2.12. The largest absolute Gasteiger partial charge is 0.445 e. The van der Waals surface area contributed by atoms with E-state index < -0.39 is 12.1 Å². The lowest BCUT2D eigenvalue weighted by Crippen LogP contribution is -2.49. The summed E-state index contributed by atoms with van der Waals surface area (Å²) in [7, 11) is 0. The minimum absolute atomic E-state index is 0.123. The Labute approximate surface area is 174 Å². The van der Waals surface area contributed by atoms with Gasteiger partial charge in [-0.3, -0.25) is 4.79 Å². The van der Waals surface area contributed by atoms with Gasteiger partial charge in [0, 0.05) is 12.8 Å². The molecule has 29 heavy (non-hydrogen) atoms. The average Bonchev–Trinajstić information content (AvgIpc) is 3.17. The first-order valence-electron chi connectivity index (χ1n) is 9.27. The number of hydrogen-bond acceptors (Lipinski definition) is 5. The van der Waals surface area contributed by atoms with Crippen molar-refractivity contribution in [2.45, 2.75) is 31.6 Å². The van der Waals surface area contributed by atoms with Crippen LogP contribution in [0.15, 0.2) is 65.8 Å². The molecule has 152 valence electrons. The van der Waals surface area contributed by atoms with Gasteiger partial charge in [-0.15, -0.1) is 0 Å². The molecule has 8 heteroatoms. The van der Waals surface area contributed by atoms with E-state index in [0.717, 1.165) is 11.1 Å². The Kier molecular flexibility index (Phi) is 7.47. The SMILES string of the molecule is O=C(N[C@H](Cc1ccccc1)C(=O)NCC1CC(Cl)=NO1)OCc1ccccc1. The molecular weight excluding hydrogens is 394 g/mol. The predicted octanol–water partition coefficient (Wildman–Crippen LogP) is 2.98. The number of nitrogens with one attached hydrogen (secondary N) is 2. The van der Waals surface area contributed by atoms with Crippen LogP contribution in [0, 0.1) is 0 Å². The van der Waals surface area contributed by atoms with Gasteiger partial charge in [0.15, 0.2) is 6.10 Å². The van der Waals surface area contributed by atoms with Crippen LogP contribution >= 0.6 is 11.6 Å². The van der Waals surface area contributed by atoms with Crippen LogP contribution in [0.1, 0.15) is 17.5 Å². The third kappa shape index (κ3) is 6.80. The number of carbonyl (C=O) groups excluding carboxylic acids is 2. The molecule has 0 saturated carbocycles. The zero-order chi connectivity index (χ0) is 20.5. The number of carbonyl (C=O) groups is 2. The lowest BCUT2D eigenvalue weighted by Gasteiger charge is -2.19. The van der Waals surface area contributed by atoms with Gasteiger partial charge in [0.2, 0.25) is 5.91 Å². The molecule has 0 radical (unpaired) electrons. The Morgan fingerprint density at radius 3 is 2.38 bits per heavy atom. The summed E-state index contributed by atoms with van der Waals surface area (Å²) in [4.78, 5) is 30.1. The van der Waals surface area contributed by atoms with E-state index >= 15 is 0 Å². The zero-order valence-corrected chi connectivity index (χ0v) is 16.5. The maximum absolute atomic E-state index is 12.7. The predicted molar refractivity (Wildman–Crippen MR) is 109 cm³/mol. The summed E-state index contributed by atoms with van der Waals surface area (Å²) in [5.74, 6) is -0.336. The molecule has 3 rings (SSSR count). The molecule has 2 N–H and O–H groups in total. The maximum Gasteiger partial charge on any atom is 0.408 e. The Bertz CT molecular complexity index is 846. The summed E-state index contributed by atoms with van der Waals surface area (Å²) in [6.45, 7) is 0.364. The molecule has 0 spiro atoms. The summed E-state index contributed by atoms with van der Waals surface area (Å²) >= 11 is 5.79. The second-order valence-corrected chi connectivity index (χ2v) is 7.03. The minimum Gasteiger partial charge on any atom is -0.445 e. The van der Waals surface area contributed by atoms with Crippen molar-refractivity contribution in [1.29, 1.82) is 0 Å². The Balaban J connectivity index is 1.56. The van der Waals surface area contributed by atoms with Gasteiger partial charge in [-0.25, -0.2) is 4.79 Å². The fraction of sp³-hybridized carbons (Fsp3) is 0.286. The molecule has 1 heterocycles. The topological polar surface area (TPSA) is 89.0 Å². The van der Waals surface area contributed by atoms with Crippen LogP contribution in [0.5, 0.6) is 0 Å². The Morgan fingerprint density at radius 1 is 1.10 bits per heavy atom.